The molecule has 1 atom stereocenters. The lowest BCUT2D eigenvalue weighted by molar-refractivity contribution is 0.0172. The maximum atomic E-state index is 5.35. The molecule has 90 valence electrons. The first-order valence-electron chi connectivity index (χ1n) is 5.58. The molecule has 0 amide bonds. The quantitative estimate of drug-likeness (QED) is 0.709. The van der Waals surface area contributed by atoms with E-state index in [1.165, 1.54) is 5.56 Å². The van der Waals surface area contributed by atoms with Crippen LogP contribution in [0.15, 0.2) is 24.3 Å². The van der Waals surface area contributed by atoms with E-state index in [1.54, 1.807) is 7.11 Å². The van der Waals surface area contributed by atoms with Crippen molar-refractivity contribution < 1.29 is 4.74 Å². The van der Waals surface area contributed by atoms with E-state index >= 15 is 0 Å². The van der Waals surface area contributed by atoms with Crippen LogP contribution in [0.5, 0.6) is 5.75 Å². The molecule has 0 saturated heterocycles. The molecule has 0 aromatic heterocycles. The monoisotopic (exact) mass is 222 g/mol. The van der Waals surface area contributed by atoms with Gasteiger partial charge in [-0.3, -0.25) is 0 Å². The van der Waals surface area contributed by atoms with Crippen molar-refractivity contribution >= 4 is 0 Å². The summed E-state index contributed by atoms with van der Waals surface area (Å²) in [6, 6.07) is 8.64. The van der Waals surface area contributed by atoms with Gasteiger partial charge in [0.2, 0.25) is 0 Å². The summed E-state index contributed by atoms with van der Waals surface area (Å²) in [5, 5.41) is 4.31. The van der Waals surface area contributed by atoms with Crippen molar-refractivity contribution in [2.45, 2.75) is 19.4 Å². The number of hydrazine groups is 1. The van der Waals surface area contributed by atoms with Gasteiger partial charge in [0.15, 0.2) is 0 Å². The Balaban J connectivity index is 2.72. The molecule has 3 heteroatoms. The number of rotatable bonds is 5. The molecule has 0 saturated carbocycles. The first kappa shape index (κ1) is 13.0. The Morgan fingerprint density at radius 3 is 2.38 bits per heavy atom. The average Bonchev–Trinajstić information content (AvgIpc) is 2.28. The summed E-state index contributed by atoms with van der Waals surface area (Å²) in [7, 11) is 7.93. The van der Waals surface area contributed by atoms with Crippen LogP contribution in [0.4, 0.5) is 0 Å². The third-order valence-corrected chi connectivity index (χ3v) is 2.98. The van der Waals surface area contributed by atoms with Gasteiger partial charge in [0.1, 0.15) is 5.75 Å². The second kappa shape index (κ2) is 5.87. The molecule has 1 aromatic carbocycles. The molecule has 0 heterocycles. The van der Waals surface area contributed by atoms with Crippen molar-refractivity contribution in [1.82, 2.24) is 10.0 Å². The van der Waals surface area contributed by atoms with Crippen LogP contribution < -0.4 is 4.74 Å². The lowest BCUT2D eigenvalue weighted by Gasteiger charge is -2.30. The predicted molar refractivity (Wildman–Crippen MR) is 67.6 cm³/mol. The van der Waals surface area contributed by atoms with Crippen LogP contribution in [0.25, 0.3) is 0 Å². The summed E-state index contributed by atoms with van der Waals surface area (Å²) in [5.74, 6) is 0.974. The molecule has 0 aliphatic rings. The molecule has 0 N–H and O–H groups in total. The van der Waals surface area contributed by atoms with Gasteiger partial charge < -0.3 is 4.74 Å². The van der Waals surface area contributed by atoms with Crippen molar-refractivity contribution in [2.24, 2.45) is 0 Å². The summed E-state index contributed by atoms with van der Waals surface area (Å²) in [4.78, 5) is 0. The fraction of sp³-hybridized carbons (Fsp3) is 0.538. The summed E-state index contributed by atoms with van der Waals surface area (Å²) in [5.41, 5.74) is 1.26. The van der Waals surface area contributed by atoms with Gasteiger partial charge in [-0.25, -0.2) is 10.0 Å². The van der Waals surface area contributed by atoms with Crippen LogP contribution in [-0.2, 0) is 6.42 Å². The lowest BCUT2D eigenvalue weighted by Crippen LogP contribution is -2.41. The van der Waals surface area contributed by atoms with Crippen LogP contribution in [0.2, 0.25) is 0 Å². The third kappa shape index (κ3) is 3.22. The largest absolute Gasteiger partial charge is 0.496 e. The summed E-state index contributed by atoms with van der Waals surface area (Å²) >= 11 is 0. The Bertz CT molecular complexity index is 325. The number of hydrogen-bond acceptors (Lipinski definition) is 3. The van der Waals surface area contributed by atoms with Crippen LogP contribution in [0.3, 0.4) is 0 Å². The van der Waals surface area contributed by atoms with E-state index in [0.717, 1.165) is 12.2 Å². The Morgan fingerprint density at radius 2 is 1.81 bits per heavy atom. The van der Waals surface area contributed by atoms with Crippen LogP contribution in [0, 0.1) is 0 Å². The minimum Gasteiger partial charge on any atom is -0.496 e. The van der Waals surface area contributed by atoms with Gasteiger partial charge in [-0.1, -0.05) is 18.2 Å². The molecule has 0 unspecified atom stereocenters. The molecular weight excluding hydrogens is 200 g/mol. The Labute approximate surface area is 98.6 Å². The van der Waals surface area contributed by atoms with Gasteiger partial charge >= 0.3 is 0 Å². The van der Waals surface area contributed by atoms with Gasteiger partial charge in [-0.05, 0) is 25.0 Å². The van der Waals surface area contributed by atoms with Gasteiger partial charge in [0.05, 0.1) is 7.11 Å². The lowest BCUT2D eigenvalue weighted by atomic mass is 10.1. The Kier molecular flexibility index (Phi) is 4.77. The van der Waals surface area contributed by atoms with Gasteiger partial charge in [-0.15, -0.1) is 0 Å². The summed E-state index contributed by atoms with van der Waals surface area (Å²) in [6.07, 6.45) is 0.985. The molecule has 3 nitrogen and oxygen atoms in total. The number of ether oxygens (including phenoxy) is 1. The van der Waals surface area contributed by atoms with Gasteiger partial charge in [0, 0.05) is 27.2 Å². The topological polar surface area (TPSA) is 15.7 Å². The molecule has 1 aromatic rings. The average molecular weight is 222 g/mol. The fourth-order valence-corrected chi connectivity index (χ4v) is 1.72. The zero-order valence-electron chi connectivity index (χ0n) is 10.9. The van der Waals surface area contributed by atoms with Crippen LogP contribution >= 0.6 is 0 Å². The number of nitrogens with zero attached hydrogens (tertiary/aromatic N) is 2. The fourth-order valence-electron chi connectivity index (χ4n) is 1.72. The number of benzene rings is 1. The Hall–Kier alpha value is -1.06. The van der Waals surface area contributed by atoms with Crippen molar-refractivity contribution in [3.63, 3.8) is 0 Å². The minimum atomic E-state index is 0.450. The zero-order valence-corrected chi connectivity index (χ0v) is 10.9. The number of methoxy groups -OCH3 is 1. The van der Waals surface area contributed by atoms with E-state index in [4.69, 9.17) is 4.74 Å². The minimum absolute atomic E-state index is 0.450. The van der Waals surface area contributed by atoms with Crippen molar-refractivity contribution in [3.8, 4) is 5.75 Å². The molecule has 0 aliphatic heterocycles. The maximum absolute atomic E-state index is 5.35. The highest BCUT2D eigenvalue weighted by Crippen LogP contribution is 2.20. The van der Waals surface area contributed by atoms with E-state index in [2.05, 4.69) is 50.2 Å². The molecule has 0 bridgehead atoms. The third-order valence-electron chi connectivity index (χ3n) is 2.98. The highest BCUT2D eigenvalue weighted by Gasteiger charge is 2.13. The second-order valence-corrected chi connectivity index (χ2v) is 4.29. The maximum Gasteiger partial charge on any atom is 0.122 e. The first-order chi connectivity index (χ1) is 7.56. The molecular formula is C13H22N2O. The standard InChI is InChI=1S/C13H22N2O/c1-11(15(4)14(2)3)10-12-8-6-7-9-13(12)16-5/h6-9,11H,10H2,1-5H3/t11-/m1/s1. The van der Waals surface area contributed by atoms with E-state index < -0.39 is 0 Å². The zero-order chi connectivity index (χ0) is 12.1. The van der Waals surface area contributed by atoms with Crippen LogP contribution in [-0.4, -0.2) is 44.3 Å². The molecule has 0 fully saturated rings. The normalized spacial score (nSPS) is 13.2. The van der Waals surface area contributed by atoms with Crippen molar-refractivity contribution in [1.29, 1.82) is 0 Å². The molecule has 16 heavy (non-hydrogen) atoms. The second-order valence-electron chi connectivity index (χ2n) is 4.29. The van der Waals surface area contributed by atoms with Gasteiger partial charge in [-0.2, -0.15) is 0 Å². The summed E-state index contributed by atoms with van der Waals surface area (Å²) in [6.45, 7) is 2.21. The smallest absolute Gasteiger partial charge is 0.122 e. The van der Waals surface area contributed by atoms with Crippen molar-refractivity contribution in [3.05, 3.63) is 29.8 Å². The van der Waals surface area contributed by atoms with E-state index in [1.807, 2.05) is 12.1 Å². The number of hydrogen-bond donors (Lipinski definition) is 0. The molecule has 1 rings (SSSR count). The van der Waals surface area contributed by atoms with E-state index in [9.17, 15) is 0 Å². The molecule has 0 radical (unpaired) electrons. The predicted octanol–water partition coefficient (Wildman–Crippen LogP) is 2.03. The highest BCUT2D eigenvalue weighted by molar-refractivity contribution is 5.33. The van der Waals surface area contributed by atoms with Crippen molar-refractivity contribution in [2.75, 3.05) is 28.3 Å². The molecule has 0 aliphatic carbocycles. The van der Waals surface area contributed by atoms with E-state index in [0.29, 0.717) is 6.04 Å². The van der Waals surface area contributed by atoms with E-state index in [-0.39, 0.29) is 0 Å². The Morgan fingerprint density at radius 1 is 1.19 bits per heavy atom. The van der Waals surface area contributed by atoms with Crippen LogP contribution in [0.1, 0.15) is 12.5 Å². The number of para-hydroxylation sites is 1. The summed E-state index contributed by atoms with van der Waals surface area (Å²) < 4.78 is 5.35. The molecule has 0 spiro atoms. The SMILES string of the molecule is COc1ccccc1C[C@@H](C)N(C)N(C)C. The first-order valence-corrected chi connectivity index (χ1v) is 5.58. The number of likely N-dealkylation sites (N-methyl/N-ethyl adjacent to an activating group) is 1. The van der Waals surface area contributed by atoms with Gasteiger partial charge in [0.25, 0.3) is 0 Å². The highest BCUT2D eigenvalue weighted by atomic mass is 16.5.